The number of aromatic nitrogens is 2. The van der Waals surface area contributed by atoms with Gasteiger partial charge in [-0.1, -0.05) is 43.6 Å². The van der Waals surface area contributed by atoms with E-state index in [2.05, 4.69) is 57.9 Å². The maximum absolute atomic E-state index is 13.9. The number of aromatic carboxylic acids is 1. The van der Waals surface area contributed by atoms with Gasteiger partial charge in [0.15, 0.2) is 0 Å². The third kappa shape index (κ3) is 6.10. The number of nitrogens with zero attached hydrogens (tertiary/aromatic N) is 5. The number of hydrogen-bond donors (Lipinski definition) is 1. The lowest BCUT2D eigenvalue weighted by Gasteiger charge is -2.37. The lowest BCUT2D eigenvalue weighted by Crippen LogP contribution is -2.47. The number of piperazine rings is 1. The van der Waals surface area contributed by atoms with Gasteiger partial charge in [0.05, 0.1) is 12.2 Å². The molecule has 40 heavy (non-hydrogen) atoms. The van der Waals surface area contributed by atoms with E-state index in [1.165, 1.54) is 10.4 Å². The van der Waals surface area contributed by atoms with Crippen LogP contribution in [-0.4, -0.2) is 71.6 Å². The summed E-state index contributed by atoms with van der Waals surface area (Å²) in [4.78, 5) is 18.6. The number of hydrogen-bond acceptors (Lipinski definition) is 5. The van der Waals surface area contributed by atoms with E-state index in [1.807, 2.05) is 18.2 Å². The van der Waals surface area contributed by atoms with Crippen molar-refractivity contribution in [2.45, 2.75) is 39.2 Å². The Balaban J connectivity index is 1.36. The Hall–Kier alpha value is -3.17. The van der Waals surface area contributed by atoms with Crippen molar-refractivity contribution < 1.29 is 18.7 Å². The van der Waals surface area contributed by atoms with Crippen LogP contribution in [0.5, 0.6) is 0 Å². The molecule has 2 aromatic carbocycles. The zero-order valence-electron chi connectivity index (χ0n) is 22.9. The first kappa shape index (κ1) is 28.4. The van der Waals surface area contributed by atoms with Gasteiger partial charge in [0.1, 0.15) is 11.3 Å². The molecule has 2 aliphatic heterocycles. The number of rotatable bonds is 8. The largest absolute Gasteiger partial charge is 0.478 e. The minimum Gasteiger partial charge on any atom is -0.478 e. The Bertz CT molecular complexity index is 1320. The third-order valence-electron chi connectivity index (χ3n) is 7.85. The average Bonchev–Trinajstić information content (AvgIpc) is 3.40. The fourth-order valence-corrected chi connectivity index (χ4v) is 6.15. The highest BCUT2D eigenvalue weighted by Crippen LogP contribution is 2.38. The van der Waals surface area contributed by atoms with Crippen molar-refractivity contribution >= 4 is 28.9 Å². The van der Waals surface area contributed by atoms with Crippen LogP contribution in [0.4, 0.5) is 20.2 Å². The number of piperidine rings is 1. The second-order valence-corrected chi connectivity index (χ2v) is 11.6. The van der Waals surface area contributed by atoms with Gasteiger partial charge in [-0.25, -0.2) is 13.6 Å². The summed E-state index contributed by atoms with van der Waals surface area (Å²) < 4.78 is 28.9. The molecular formula is C30H36ClF2N5O2. The standard InChI is InChI=1S/C30H36ClF2N5O2/c1-20(2)18-35-12-14-36(15-13-35)23-8-5-21(6-9-23)25-10-7-22(31)16-27(25)37-11-3-4-24(19-37)38-28(29(32)33)26(17-34-38)30(39)40/h5-10,16-17,20,24,29H,3-4,11-15,18-19H2,1-2H3,(H,39,40)/t24-/m0/s1. The first-order chi connectivity index (χ1) is 19.2. The van der Waals surface area contributed by atoms with Crippen molar-refractivity contribution in [1.29, 1.82) is 0 Å². The number of anilines is 2. The molecule has 3 aromatic rings. The molecule has 214 valence electrons. The fraction of sp³-hybridized carbons (Fsp3) is 0.467. The Kier molecular flexibility index (Phi) is 8.61. The summed E-state index contributed by atoms with van der Waals surface area (Å²) in [7, 11) is 0. The number of carboxylic acid groups (broad SMARTS) is 1. The molecule has 0 radical (unpaired) electrons. The number of benzene rings is 2. The van der Waals surface area contributed by atoms with E-state index in [0.717, 1.165) is 68.7 Å². The Morgan fingerprint density at radius 2 is 1.77 bits per heavy atom. The molecule has 5 rings (SSSR count). The molecule has 0 unspecified atom stereocenters. The van der Waals surface area contributed by atoms with Crippen molar-refractivity contribution in [2.24, 2.45) is 5.92 Å². The van der Waals surface area contributed by atoms with Crippen LogP contribution in [0.1, 0.15) is 55.2 Å². The normalized spacial score (nSPS) is 18.6. The van der Waals surface area contributed by atoms with Gasteiger partial charge in [0.2, 0.25) is 0 Å². The van der Waals surface area contributed by atoms with Gasteiger partial charge >= 0.3 is 5.97 Å². The summed E-state index contributed by atoms with van der Waals surface area (Å²) in [5.41, 5.74) is 3.21. The van der Waals surface area contributed by atoms with E-state index in [0.29, 0.717) is 23.9 Å². The molecule has 2 aliphatic rings. The Labute approximate surface area is 238 Å². The molecule has 0 spiro atoms. The van der Waals surface area contributed by atoms with Gasteiger partial charge < -0.3 is 14.9 Å². The van der Waals surface area contributed by atoms with Crippen LogP contribution >= 0.6 is 11.6 Å². The van der Waals surface area contributed by atoms with Crippen molar-refractivity contribution in [1.82, 2.24) is 14.7 Å². The number of carbonyl (C=O) groups is 1. The number of halogens is 3. The van der Waals surface area contributed by atoms with Gasteiger partial charge in [0.25, 0.3) is 6.43 Å². The highest BCUT2D eigenvalue weighted by molar-refractivity contribution is 6.31. The maximum Gasteiger partial charge on any atom is 0.339 e. The molecule has 3 heterocycles. The van der Waals surface area contributed by atoms with Crippen LogP contribution in [0.15, 0.2) is 48.7 Å². The predicted octanol–water partition coefficient (Wildman–Crippen LogP) is 6.46. The Morgan fingerprint density at radius 3 is 2.42 bits per heavy atom. The van der Waals surface area contributed by atoms with Gasteiger partial charge in [-0.3, -0.25) is 9.58 Å². The van der Waals surface area contributed by atoms with Crippen LogP contribution < -0.4 is 9.80 Å². The SMILES string of the molecule is CC(C)CN1CCN(c2ccc(-c3ccc(Cl)cc3N3CCC[C@H](n4ncc(C(=O)O)c4C(F)F)C3)cc2)CC1. The average molecular weight is 572 g/mol. The van der Waals surface area contributed by atoms with Crippen molar-refractivity contribution in [3.63, 3.8) is 0 Å². The van der Waals surface area contributed by atoms with E-state index >= 15 is 0 Å². The van der Waals surface area contributed by atoms with Gasteiger partial charge in [-0.15, -0.1) is 0 Å². The summed E-state index contributed by atoms with van der Waals surface area (Å²) in [5.74, 6) is -0.727. The number of carboxylic acids is 1. The quantitative estimate of drug-likeness (QED) is 0.335. The predicted molar refractivity (Wildman–Crippen MR) is 155 cm³/mol. The molecule has 10 heteroatoms. The van der Waals surface area contributed by atoms with Gasteiger partial charge in [-0.05, 0) is 48.6 Å². The van der Waals surface area contributed by atoms with Gasteiger partial charge in [0, 0.05) is 67.8 Å². The topological polar surface area (TPSA) is 64.8 Å². The van der Waals surface area contributed by atoms with Crippen molar-refractivity contribution in [3.05, 3.63) is 64.9 Å². The highest BCUT2D eigenvalue weighted by atomic mass is 35.5. The van der Waals surface area contributed by atoms with E-state index in [1.54, 1.807) is 0 Å². The molecule has 1 N–H and O–H groups in total. The maximum atomic E-state index is 13.9. The van der Waals surface area contributed by atoms with E-state index in [4.69, 9.17) is 11.6 Å². The first-order valence-electron chi connectivity index (χ1n) is 13.9. The van der Waals surface area contributed by atoms with Crippen molar-refractivity contribution in [2.75, 3.05) is 55.6 Å². The summed E-state index contributed by atoms with van der Waals surface area (Å²) in [6, 6.07) is 14.0. The third-order valence-corrected chi connectivity index (χ3v) is 8.09. The Morgan fingerprint density at radius 1 is 1.05 bits per heavy atom. The molecular weight excluding hydrogens is 536 g/mol. The molecule has 1 atom stereocenters. The zero-order valence-corrected chi connectivity index (χ0v) is 23.7. The molecule has 2 saturated heterocycles. The summed E-state index contributed by atoms with van der Waals surface area (Å²) in [6.45, 7) is 10.9. The summed E-state index contributed by atoms with van der Waals surface area (Å²) >= 11 is 6.43. The second-order valence-electron chi connectivity index (χ2n) is 11.1. The summed E-state index contributed by atoms with van der Waals surface area (Å²) in [5, 5.41) is 14.0. The molecule has 2 fully saturated rings. The molecule has 0 bridgehead atoms. The smallest absolute Gasteiger partial charge is 0.339 e. The second kappa shape index (κ2) is 12.1. The monoisotopic (exact) mass is 571 g/mol. The molecule has 0 saturated carbocycles. The minimum absolute atomic E-state index is 0.380. The van der Waals surface area contributed by atoms with Crippen LogP contribution in [0.3, 0.4) is 0 Å². The van der Waals surface area contributed by atoms with Crippen LogP contribution in [0.2, 0.25) is 5.02 Å². The number of alkyl halides is 2. The van der Waals surface area contributed by atoms with Crippen LogP contribution in [0.25, 0.3) is 11.1 Å². The first-order valence-corrected chi connectivity index (χ1v) is 14.3. The van der Waals surface area contributed by atoms with E-state index < -0.39 is 23.7 Å². The van der Waals surface area contributed by atoms with E-state index in [-0.39, 0.29) is 6.04 Å². The molecule has 7 nitrogen and oxygen atoms in total. The van der Waals surface area contributed by atoms with Crippen LogP contribution in [0, 0.1) is 5.92 Å². The highest BCUT2D eigenvalue weighted by Gasteiger charge is 2.31. The molecule has 0 aliphatic carbocycles. The fourth-order valence-electron chi connectivity index (χ4n) is 5.99. The zero-order chi connectivity index (χ0) is 28.4. The minimum atomic E-state index is -2.93. The van der Waals surface area contributed by atoms with Gasteiger partial charge in [-0.2, -0.15) is 5.10 Å². The lowest BCUT2D eigenvalue weighted by atomic mass is 9.99. The molecule has 1 aromatic heterocycles. The summed E-state index contributed by atoms with van der Waals surface area (Å²) in [6.07, 6.45) is -0.517. The van der Waals surface area contributed by atoms with Crippen molar-refractivity contribution in [3.8, 4) is 11.1 Å². The van der Waals surface area contributed by atoms with Crippen LogP contribution in [-0.2, 0) is 0 Å². The lowest BCUT2D eigenvalue weighted by molar-refractivity contribution is 0.0681. The molecule has 0 amide bonds. The van der Waals surface area contributed by atoms with E-state index in [9.17, 15) is 18.7 Å².